The number of carbonyl (C=O) groups is 1. The first-order valence-corrected chi connectivity index (χ1v) is 9.85. The van der Waals surface area contributed by atoms with E-state index in [1.165, 1.54) is 0 Å². The van der Waals surface area contributed by atoms with Crippen molar-refractivity contribution in [3.05, 3.63) is 66.1 Å². The lowest BCUT2D eigenvalue weighted by molar-refractivity contribution is -0.117. The van der Waals surface area contributed by atoms with E-state index in [1.54, 1.807) is 0 Å². The number of hydrogen-bond donors (Lipinski definition) is 1. The number of rotatable bonds is 6. The number of nitrogens with one attached hydrogen (secondary N) is 1. The number of anilines is 1. The molecule has 1 amide bonds. The second-order valence-corrected chi connectivity index (χ2v) is 7.34. The van der Waals surface area contributed by atoms with Gasteiger partial charge in [-0.1, -0.05) is 35.9 Å². The zero-order valence-corrected chi connectivity index (χ0v) is 16.5. The third-order valence-electron chi connectivity index (χ3n) is 4.98. The maximum absolute atomic E-state index is 12.2. The minimum absolute atomic E-state index is 0.0179. The van der Waals surface area contributed by atoms with Crippen LogP contribution in [0.1, 0.15) is 11.5 Å². The van der Waals surface area contributed by atoms with Gasteiger partial charge in [-0.25, -0.2) is 0 Å². The topological polar surface area (TPSA) is 74.5 Å². The zero-order chi connectivity index (χ0) is 20.1. The lowest BCUT2D eigenvalue weighted by Gasteiger charge is -2.33. The van der Waals surface area contributed by atoms with Crippen LogP contribution in [0.15, 0.2) is 59.0 Å². The Labute approximate surface area is 170 Å². The van der Waals surface area contributed by atoms with Crippen LogP contribution >= 0.6 is 0 Å². The summed E-state index contributed by atoms with van der Waals surface area (Å²) in [5, 5.41) is 11.3. The number of nitrogens with zero attached hydrogens (tertiary/aromatic N) is 4. The van der Waals surface area contributed by atoms with Gasteiger partial charge in [-0.05, 0) is 31.2 Å². The SMILES string of the molecule is Cc1cccc(-c2nnc(CN3CCN(CC(=O)Nc4ccccc4)CC3)o2)c1. The van der Waals surface area contributed by atoms with E-state index in [4.69, 9.17) is 4.42 Å². The summed E-state index contributed by atoms with van der Waals surface area (Å²) in [6.45, 7) is 6.47. The van der Waals surface area contributed by atoms with E-state index in [2.05, 4.69) is 25.3 Å². The maximum atomic E-state index is 12.2. The molecule has 150 valence electrons. The third kappa shape index (κ3) is 5.28. The van der Waals surface area contributed by atoms with E-state index in [0.717, 1.165) is 43.0 Å². The largest absolute Gasteiger partial charge is 0.419 e. The number of hydrogen-bond acceptors (Lipinski definition) is 6. The van der Waals surface area contributed by atoms with Crippen molar-refractivity contribution in [2.75, 3.05) is 38.0 Å². The highest BCUT2D eigenvalue weighted by atomic mass is 16.4. The quantitative estimate of drug-likeness (QED) is 0.697. The summed E-state index contributed by atoms with van der Waals surface area (Å²) in [6, 6.07) is 17.6. The fraction of sp³-hybridized carbons (Fsp3) is 0.318. The third-order valence-corrected chi connectivity index (χ3v) is 4.98. The van der Waals surface area contributed by atoms with Crippen LogP contribution in [0.5, 0.6) is 0 Å². The monoisotopic (exact) mass is 391 g/mol. The molecule has 1 saturated heterocycles. The molecule has 7 heteroatoms. The van der Waals surface area contributed by atoms with Crippen LogP contribution in [0, 0.1) is 6.92 Å². The van der Waals surface area contributed by atoms with Crippen molar-refractivity contribution in [1.29, 1.82) is 0 Å². The van der Waals surface area contributed by atoms with Crippen molar-refractivity contribution in [3.8, 4) is 11.5 Å². The Bertz CT molecular complexity index is 949. The van der Waals surface area contributed by atoms with Crippen molar-refractivity contribution >= 4 is 11.6 Å². The molecule has 0 bridgehead atoms. The van der Waals surface area contributed by atoms with Gasteiger partial charge < -0.3 is 9.73 Å². The summed E-state index contributed by atoms with van der Waals surface area (Å²) in [5.41, 5.74) is 2.93. The second kappa shape index (κ2) is 8.98. The molecule has 0 spiro atoms. The highest BCUT2D eigenvalue weighted by Crippen LogP contribution is 2.19. The highest BCUT2D eigenvalue weighted by Gasteiger charge is 2.21. The average Bonchev–Trinajstić information content (AvgIpc) is 3.19. The van der Waals surface area contributed by atoms with Crippen molar-refractivity contribution in [3.63, 3.8) is 0 Å². The molecule has 29 heavy (non-hydrogen) atoms. The van der Waals surface area contributed by atoms with E-state index < -0.39 is 0 Å². The molecule has 0 atom stereocenters. The maximum Gasteiger partial charge on any atom is 0.247 e. The van der Waals surface area contributed by atoms with Crippen molar-refractivity contribution in [2.45, 2.75) is 13.5 Å². The highest BCUT2D eigenvalue weighted by molar-refractivity contribution is 5.92. The molecule has 1 aromatic heterocycles. The molecule has 0 aliphatic carbocycles. The van der Waals surface area contributed by atoms with Crippen LogP contribution in [0.4, 0.5) is 5.69 Å². The van der Waals surface area contributed by atoms with E-state index in [-0.39, 0.29) is 5.91 Å². The number of amides is 1. The van der Waals surface area contributed by atoms with Crippen molar-refractivity contribution in [2.24, 2.45) is 0 Å². The van der Waals surface area contributed by atoms with Crippen LogP contribution in [-0.4, -0.2) is 58.6 Å². The van der Waals surface area contributed by atoms with E-state index in [1.807, 2.05) is 61.5 Å². The molecule has 0 unspecified atom stereocenters. The predicted octanol–water partition coefficient (Wildman–Crippen LogP) is 2.80. The fourth-order valence-corrected chi connectivity index (χ4v) is 3.43. The molecule has 7 nitrogen and oxygen atoms in total. The number of benzene rings is 2. The summed E-state index contributed by atoms with van der Waals surface area (Å²) in [4.78, 5) is 16.7. The molecule has 0 saturated carbocycles. The fourth-order valence-electron chi connectivity index (χ4n) is 3.43. The summed E-state index contributed by atoms with van der Waals surface area (Å²) >= 11 is 0. The predicted molar refractivity (Wildman–Crippen MR) is 111 cm³/mol. The van der Waals surface area contributed by atoms with Crippen LogP contribution < -0.4 is 5.32 Å². The van der Waals surface area contributed by atoms with Gasteiger partial charge in [-0.3, -0.25) is 14.6 Å². The smallest absolute Gasteiger partial charge is 0.247 e. The number of para-hydroxylation sites is 1. The molecule has 1 aliphatic heterocycles. The lowest BCUT2D eigenvalue weighted by atomic mass is 10.1. The van der Waals surface area contributed by atoms with E-state index >= 15 is 0 Å². The molecule has 1 N–H and O–H groups in total. The molecule has 3 aromatic rings. The van der Waals surface area contributed by atoms with Gasteiger partial charge in [-0.15, -0.1) is 10.2 Å². The number of piperazine rings is 1. The normalized spacial score (nSPS) is 15.3. The van der Waals surface area contributed by atoms with Gasteiger partial charge in [0.15, 0.2) is 0 Å². The molecule has 1 aliphatic rings. The first kappa shape index (κ1) is 19.3. The van der Waals surface area contributed by atoms with Crippen LogP contribution in [0.3, 0.4) is 0 Å². The summed E-state index contributed by atoms with van der Waals surface area (Å²) in [7, 11) is 0. The van der Waals surface area contributed by atoms with Crippen LogP contribution in [-0.2, 0) is 11.3 Å². The summed E-state index contributed by atoms with van der Waals surface area (Å²) in [5.74, 6) is 1.20. The average molecular weight is 391 g/mol. The Morgan fingerprint density at radius 1 is 1.00 bits per heavy atom. The van der Waals surface area contributed by atoms with E-state index in [9.17, 15) is 4.79 Å². The standard InChI is InChI=1S/C22H25N5O2/c1-17-6-5-7-18(14-17)22-25-24-21(29-22)16-27-12-10-26(11-13-27)15-20(28)23-19-8-3-2-4-9-19/h2-9,14H,10-13,15-16H2,1H3,(H,23,28). The Morgan fingerprint density at radius 2 is 1.76 bits per heavy atom. The first-order chi connectivity index (χ1) is 14.2. The molecular formula is C22H25N5O2. The first-order valence-electron chi connectivity index (χ1n) is 9.85. The van der Waals surface area contributed by atoms with E-state index in [0.29, 0.717) is 24.9 Å². The van der Waals surface area contributed by atoms with Gasteiger partial charge in [0, 0.05) is 37.4 Å². The lowest BCUT2D eigenvalue weighted by Crippen LogP contribution is -2.48. The summed E-state index contributed by atoms with van der Waals surface area (Å²) < 4.78 is 5.84. The van der Waals surface area contributed by atoms with Gasteiger partial charge in [0.05, 0.1) is 13.1 Å². The minimum Gasteiger partial charge on any atom is -0.419 e. The molecule has 0 radical (unpaired) electrons. The van der Waals surface area contributed by atoms with Gasteiger partial charge >= 0.3 is 0 Å². The van der Waals surface area contributed by atoms with Gasteiger partial charge in [0.2, 0.25) is 17.7 Å². The number of aromatic nitrogens is 2. The Hall–Kier alpha value is -3.03. The van der Waals surface area contributed by atoms with Gasteiger partial charge in [-0.2, -0.15) is 0 Å². The van der Waals surface area contributed by atoms with Crippen molar-refractivity contribution in [1.82, 2.24) is 20.0 Å². The Kier molecular flexibility index (Phi) is 5.97. The minimum atomic E-state index is 0.0179. The Balaban J connectivity index is 1.24. The molecule has 2 aromatic carbocycles. The zero-order valence-electron chi connectivity index (χ0n) is 16.5. The molecular weight excluding hydrogens is 366 g/mol. The molecule has 4 rings (SSSR count). The Morgan fingerprint density at radius 3 is 2.52 bits per heavy atom. The van der Waals surface area contributed by atoms with Crippen molar-refractivity contribution < 1.29 is 9.21 Å². The van der Waals surface area contributed by atoms with Crippen LogP contribution in [0.2, 0.25) is 0 Å². The number of aryl methyl sites for hydroxylation is 1. The van der Waals surface area contributed by atoms with Gasteiger partial charge in [0.25, 0.3) is 0 Å². The molecule has 2 heterocycles. The molecule has 1 fully saturated rings. The summed E-state index contributed by atoms with van der Waals surface area (Å²) in [6.07, 6.45) is 0. The van der Waals surface area contributed by atoms with Gasteiger partial charge in [0.1, 0.15) is 0 Å². The number of carbonyl (C=O) groups excluding carboxylic acids is 1. The van der Waals surface area contributed by atoms with Crippen LogP contribution in [0.25, 0.3) is 11.5 Å². The second-order valence-electron chi connectivity index (χ2n) is 7.34.